The summed E-state index contributed by atoms with van der Waals surface area (Å²) in [6.07, 6.45) is 4.62. The van der Waals surface area contributed by atoms with Crippen molar-refractivity contribution >= 4 is 21.6 Å². The molecule has 0 unspecified atom stereocenters. The van der Waals surface area contributed by atoms with E-state index in [1.807, 2.05) is 0 Å². The number of rotatable bonds is 3. The van der Waals surface area contributed by atoms with Crippen molar-refractivity contribution in [1.82, 2.24) is 4.72 Å². The van der Waals surface area contributed by atoms with Crippen LogP contribution in [-0.2, 0) is 10.0 Å². The standard InChI is InChI=1S/C13H16ClNO2S/c14-11-3-5-12(6-4-11)18(16,17)15-13-8-9-1-2-10(13)7-9/h3-6,9-10,13,15H,1-2,7-8H2/t9-,10-,13+/m1/s1. The molecule has 3 nitrogen and oxygen atoms in total. The molecule has 0 aromatic heterocycles. The average molecular weight is 286 g/mol. The molecule has 0 spiro atoms. The van der Waals surface area contributed by atoms with Crippen molar-refractivity contribution < 1.29 is 8.42 Å². The Kier molecular flexibility index (Phi) is 3.12. The van der Waals surface area contributed by atoms with E-state index in [2.05, 4.69) is 4.72 Å². The van der Waals surface area contributed by atoms with Crippen molar-refractivity contribution in [2.24, 2.45) is 11.8 Å². The second kappa shape index (κ2) is 4.51. The fourth-order valence-electron chi connectivity index (χ4n) is 3.27. The normalized spacial score (nSPS) is 30.8. The third-order valence-electron chi connectivity index (χ3n) is 4.17. The maximum absolute atomic E-state index is 12.2. The maximum Gasteiger partial charge on any atom is 0.240 e. The highest BCUT2D eigenvalue weighted by molar-refractivity contribution is 7.89. The van der Waals surface area contributed by atoms with Crippen molar-refractivity contribution in [3.05, 3.63) is 29.3 Å². The molecule has 2 bridgehead atoms. The Bertz CT molecular complexity index is 541. The van der Waals surface area contributed by atoms with Gasteiger partial charge in [-0.05, 0) is 55.4 Å². The van der Waals surface area contributed by atoms with E-state index < -0.39 is 10.0 Å². The van der Waals surface area contributed by atoms with Crippen LogP contribution in [0, 0.1) is 11.8 Å². The summed E-state index contributed by atoms with van der Waals surface area (Å²) >= 11 is 5.77. The minimum Gasteiger partial charge on any atom is -0.208 e. The largest absolute Gasteiger partial charge is 0.240 e. The van der Waals surface area contributed by atoms with E-state index in [1.165, 1.54) is 19.3 Å². The molecule has 3 rings (SSSR count). The quantitative estimate of drug-likeness (QED) is 0.928. The van der Waals surface area contributed by atoms with E-state index in [0.29, 0.717) is 15.8 Å². The van der Waals surface area contributed by atoms with Gasteiger partial charge in [-0.1, -0.05) is 18.0 Å². The van der Waals surface area contributed by atoms with E-state index in [4.69, 9.17) is 11.6 Å². The van der Waals surface area contributed by atoms with Gasteiger partial charge in [-0.2, -0.15) is 0 Å². The smallest absolute Gasteiger partial charge is 0.208 e. The van der Waals surface area contributed by atoms with Crippen LogP contribution in [0.2, 0.25) is 5.02 Å². The van der Waals surface area contributed by atoms with E-state index in [9.17, 15) is 8.42 Å². The van der Waals surface area contributed by atoms with Gasteiger partial charge < -0.3 is 0 Å². The van der Waals surface area contributed by atoms with Crippen LogP contribution in [0.4, 0.5) is 0 Å². The van der Waals surface area contributed by atoms with Crippen molar-refractivity contribution in [1.29, 1.82) is 0 Å². The number of halogens is 1. The lowest BCUT2D eigenvalue weighted by atomic mass is 9.96. The third kappa shape index (κ3) is 2.29. The van der Waals surface area contributed by atoms with Crippen LogP contribution >= 0.6 is 11.6 Å². The zero-order chi connectivity index (χ0) is 12.8. The van der Waals surface area contributed by atoms with Crippen molar-refractivity contribution in [2.45, 2.75) is 36.6 Å². The summed E-state index contributed by atoms with van der Waals surface area (Å²) in [4.78, 5) is 0.301. The first-order valence-corrected chi connectivity index (χ1v) is 8.18. The highest BCUT2D eigenvalue weighted by Gasteiger charge is 2.41. The van der Waals surface area contributed by atoms with E-state index in [0.717, 1.165) is 12.3 Å². The Morgan fingerprint density at radius 3 is 2.39 bits per heavy atom. The van der Waals surface area contributed by atoms with Gasteiger partial charge in [0, 0.05) is 11.1 Å². The molecule has 1 N–H and O–H groups in total. The van der Waals surface area contributed by atoms with Gasteiger partial charge in [0.1, 0.15) is 0 Å². The molecule has 1 aromatic carbocycles. The highest BCUT2D eigenvalue weighted by Crippen LogP contribution is 2.44. The Balaban J connectivity index is 1.77. The summed E-state index contributed by atoms with van der Waals surface area (Å²) in [5, 5.41) is 0.550. The van der Waals surface area contributed by atoms with Crippen LogP contribution in [0.3, 0.4) is 0 Å². The Morgan fingerprint density at radius 1 is 1.11 bits per heavy atom. The third-order valence-corrected chi connectivity index (χ3v) is 5.93. The second-order valence-corrected chi connectivity index (χ2v) is 7.51. The van der Waals surface area contributed by atoms with E-state index in [1.54, 1.807) is 24.3 Å². The monoisotopic (exact) mass is 285 g/mol. The number of fused-ring (bicyclic) bond motifs is 2. The topological polar surface area (TPSA) is 46.2 Å². The van der Waals surface area contributed by atoms with Crippen LogP contribution < -0.4 is 4.72 Å². The van der Waals surface area contributed by atoms with Crippen LogP contribution in [0.25, 0.3) is 0 Å². The van der Waals surface area contributed by atoms with Gasteiger partial charge in [-0.3, -0.25) is 0 Å². The highest BCUT2D eigenvalue weighted by atomic mass is 35.5. The fourth-order valence-corrected chi connectivity index (χ4v) is 4.71. The van der Waals surface area contributed by atoms with Gasteiger partial charge in [0.05, 0.1) is 4.90 Å². The van der Waals surface area contributed by atoms with Crippen LogP contribution in [0.1, 0.15) is 25.7 Å². The molecule has 0 aliphatic heterocycles. The number of hydrogen-bond donors (Lipinski definition) is 1. The minimum absolute atomic E-state index is 0.129. The lowest BCUT2D eigenvalue weighted by molar-refractivity contribution is 0.390. The molecular weight excluding hydrogens is 270 g/mol. The fraction of sp³-hybridized carbons (Fsp3) is 0.538. The molecule has 0 heterocycles. The van der Waals surface area contributed by atoms with Crippen molar-refractivity contribution in [3.8, 4) is 0 Å². The summed E-state index contributed by atoms with van der Waals surface area (Å²) in [6.45, 7) is 0. The molecule has 2 aliphatic carbocycles. The zero-order valence-corrected chi connectivity index (χ0v) is 11.5. The first-order chi connectivity index (χ1) is 8.54. The molecule has 5 heteroatoms. The second-order valence-electron chi connectivity index (χ2n) is 5.36. The predicted octanol–water partition coefficient (Wildman–Crippen LogP) is 2.81. The Morgan fingerprint density at radius 2 is 1.83 bits per heavy atom. The van der Waals surface area contributed by atoms with Gasteiger partial charge in [0.2, 0.25) is 10.0 Å². The molecule has 18 heavy (non-hydrogen) atoms. The van der Waals surface area contributed by atoms with Gasteiger partial charge in [0.15, 0.2) is 0 Å². The first-order valence-electron chi connectivity index (χ1n) is 6.32. The van der Waals surface area contributed by atoms with Crippen LogP contribution in [0.5, 0.6) is 0 Å². The zero-order valence-electron chi connectivity index (χ0n) is 9.97. The summed E-state index contributed by atoms with van der Waals surface area (Å²) in [6, 6.07) is 6.45. The molecule has 0 saturated heterocycles. The SMILES string of the molecule is O=S(=O)(N[C@H]1C[C@@H]2CC[C@@H]1C2)c1ccc(Cl)cc1. The molecule has 3 atom stereocenters. The number of hydrogen-bond acceptors (Lipinski definition) is 2. The molecule has 0 radical (unpaired) electrons. The van der Waals surface area contributed by atoms with Gasteiger partial charge in [0.25, 0.3) is 0 Å². The van der Waals surface area contributed by atoms with Gasteiger partial charge in [-0.15, -0.1) is 0 Å². The molecule has 98 valence electrons. The molecule has 0 amide bonds. The molecule has 2 saturated carbocycles. The molecular formula is C13H16ClNO2S. The van der Waals surface area contributed by atoms with E-state index in [-0.39, 0.29) is 6.04 Å². The lowest BCUT2D eigenvalue weighted by Crippen LogP contribution is -2.38. The number of sulfonamides is 1. The molecule has 1 aromatic rings. The van der Waals surface area contributed by atoms with Gasteiger partial charge >= 0.3 is 0 Å². The van der Waals surface area contributed by atoms with Crippen molar-refractivity contribution in [2.75, 3.05) is 0 Å². The van der Waals surface area contributed by atoms with Crippen LogP contribution in [-0.4, -0.2) is 14.5 Å². The van der Waals surface area contributed by atoms with Gasteiger partial charge in [-0.25, -0.2) is 13.1 Å². The van der Waals surface area contributed by atoms with Crippen LogP contribution in [0.15, 0.2) is 29.2 Å². The number of nitrogens with one attached hydrogen (secondary N) is 1. The van der Waals surface area contributed by atoms with Crippen molar-refractivity contribution in [3.63, 3.8) is 0 Å². The lowest BCUT2D eigenvalue weighted by Gasteiger charge is -2.22. The summed E-state index contributed by atoms with van der Waals surface area (Å²) in [7, 11) is -3.39. The summed E-state index contributed by atoms with van der Waals surface area (Å²) in [5.41, 5.74) is 0. The Hall–Kier alpha value is -0.580. The summed E-state index contributed by atoms with van der Waals surface area (Å²) in [5.74, 6) is 1.27. The average Bonchev–Trinajstić information content (AvgIpc) is 2.91. The first kappa shape index (κ1) is 12.5. The molecule has 2 aliphatic rings. The maximum atomic E-state index is 12.2. The predicted molar refractivity (Wildman–Crippen MR) is 71.0 cm³/mol. The number of benzene rings is 1. The Labute approximate surface area is 113 Å². The molecule has 2 fully saturated rings. The summed E-state index contributed by atoms with van der Waals surface area (Å²) < 4.78 is 27.3. The minimum atomic E-state index is -3.39. The van der Waals surface area contributed by atoms with E-state index >= 15 is 0 Å².